The van der Waals surface area contributed by atoms with Crippen LogP contribution in [0.1, 0.15) is 44.7 Å². The number of halogens is 3. The molecular formula is C30H34Cl3N3O4S. The Morgan fingerprint density at radius 1 is 0.902 bits per heavy atom. The van der Waals surface area contributed by atoms with Gasteiger partial charge in [0, 0.05) is 27.7 Å². The molecule has 220 valence electrons. The van der Waals surface area contributed by atoms with Crippen LogP contribution in [0.25, 0.3) is 0 Å². The van der Waals surface area contributed by atoms with Gasteiger partial charge in [-0.25, -0.2) is 8.42 Å². The summed E-state index contributed by atoms with van der Waals surface area (Å²) in [7, 11) is -4.20. The summed E-state index contributed by atoms with van der Waals surface area (Å²) in [5, 5.41) is 4.01. The molecule has 41 heavy (non-hydrogen) atoms. The maximum atomic E-state index is 14.2. The van der Waals surface area contributed by atoms with Crippen LogP contribution in [0.5, 0.6) is 0 Å². The van der Waals surface area contributed by atoms with Gasteiger partial charge in [-0.2, -0.15) is 0 Å². The number of carbonyl (C=O) groups excluding carboxylic acids is 2. The molecular weight excluding hydrogens is 605 g/mol. The second kappa shape index (κ2) is 14.4. The van der Waals surface area contributed by atoms with Crippen molar-refractivity contribution in [3.63, 3.8) is 0 Å². The van der Waals surface area contributed by atoms with Crippen molar-refractivity contribution in [2.24, 2.45) is 0 Å². The summed E-state index contributed by atoms with van der Waals surface area (Å²) >= 11 is 18.8. The first kappa shape index (κ1) is 32.7. The Morgan fingerprint density at radius 2 is 1.54 bits per heavy atom. The van der Waals surface area contributed by atoms with Gasteiger partial charge in [0.15, 0.2) is 0 Å². The smallest absolute Gasteiger partial charge is 0.264 e. The highest BCUT2D eigenvalue weighted by Crippen LogP contribution is 2.30. The van der Waals surface area contributed by atoms with Crippen molar-refractivity contribution in [3.8, 4) is 0 Å². The minimum Gasteiger partial charge on any atom is -0.352 e. The Labute approximate surface area is 257 Å². The number of benzene rings is 3. The average Bonchev–Trinajstić information content (AvgIpc) is 2.94. The third-order valence-electron chi connectivity index (χ3n) is 6.79. The number of hydrogen-bond donors (Lipinski definition) is 1. The summed E-state index contributed by atoms with van der Waals surface area (Å²) in [6.45, 7) is 6.75. The molecule has 3 aromatic rings. The van der Waals surface area contributed by atoms with E-state index >= 15 is 0 Å². The first-order chi connectivity index (χ1) is 19.4. The molecule has 11 heteroatoms. The first-order valence-corrected chi connectivity index (χ1v) is 15.8. The van der Waals surface area contributed by atoms with Gasteiger partial charge in [0.25, 0.3) is 10.0 Å². The van der Waals surface area contributed by atoms with E-state index in [2.05, 4.69) is 5.32 Å². The van der Waals surface area contributed by atoms with Gasteiger partial charge in [-0.05, 0) is 74.2 Å². The molecule has 0 fully saturated rings. The van der Waals surface area contributed by atoms with Gasteiger partial charge >= 0.3 is 0 Å². The predicted molar refractivity (Wildman–Crippen MR) is 166 cm³/mol. The fourth-order valence-electron chi connectivity index (χ4n) is 4.28. The van der Waals surface area contributed by atoms with E-state index in [-0.39, 0.29) is 29.1 Å². The van der Waals surface area contributed by atoms with Crippen LogP contribution < -0.4 is 9.62 Å². The lowest BCUT2D eigenvalue weighted by atomic mass is 10.1. The maximum absolute atomic E-state index is 14.2. The zero-order valence-corrected chi connectivity index (χ0v) is 26.5. The fourth-order valence-corrected chi connectivity index (χ4v) is 6.40. The van der Waals surface area contributed by atoms with E-state index in [1.54, 1.807) is 62.4 Å². The molecule has 3 aromatic carbocycles. The molecule has 0 bridgehead atoms. The molecule has 0 unspecified atom stereocenters. The molecule has 0 heterocycles. The number of nitrogens with zero attached hydrogens (tertiary/aromatic N) is 2. The number of aryl methyl sites for hydroxylation is 1. The van der Waals surface area contributed by atoms with Gasteiger partial charge in [-0.15, -0.1) is 0 Å². The second-order valence-corrected chi connectivity index (χ2v) is 12.9. The van der Waals surface area contributed by atoms with Crippen LogP contribution >= 0.6 is 34.8 Å². The van der Waals surface area contributed by atoms with Crippen LogP contribution in [-0.2, 0) is 26.2 Å². The third kappa shape index (κ3) is 8.16. The van der Waals surface area contributed by atoms with Gasteiger partial charge in [-0.3, -0.25) is 13.9 Å². The monoisotopic (exact) mass is 637 g/mol. The molecule has 1 N–H and O–H groups in total. The van der Waals surface area contributed by atoms with Gasteiger partial charge in [0.1, 0.15) is 12.6 Å². The lowest BCUT2D eigenvalue weighted by molar-refractivity contribution is -0.140. The standard InChI is InChI=1S/C30H34Cl3N3O4S/c1-5-21(4)34-30(38)27(6-2)35(18-22-13-15-23(31)16-26(22)33)29(37)19-36(28-17-24(32)14-12-20(28)3)41(39,40)25-10-8-7-9-11-25/h7-17,21,27H,5-6,18-19H2,1-4H3,(H,34,38)/t21-,27-/m0/s1. The molecule has 0 radical (unpaired) electrons. The van der Waals surface area contributed by atoms with Crippen molar-refractivity contribution >= 4 is 62.3 Å². The molecule has 7 nitrogen and oxygen atoms in total. The quantitative estimate of drug-likeness (QED) is 0.235. The molecule has 2 amide bonds. The van der Waals surface area contributed by atoms with Crippen LogP contribution in [0.3, 0.4) is 0 Å². The van der Waals surface area contributed by atoms with E-state index in [0.29, 0.717) is 39.0 Å². The summed E-state index contributed by atoms with van der Waals surface area (Å²) in [4.78, 5) is 29.0. The molecule has 0 saturated carbocycles. The second-order valence-electron chi connectivity index (χ2n) is 9.75. The summed E-state index contributed by atoms with van der Waals surface area (Å²) in [5.41, 5.74) is 1.43. The van der Waals surface area contributed by atoms with Crippen LogP contribution in [0.2, 0.25) is 15.1 Å². The summed E-state index contributed by atoms with van der Waals surface area (Å²) in [6, 6.07) is 16.6. The van der Waals surface area contributed by atoms with E-state index in [1.165, 1.54) is 23.1 Å². The van der Waals surface area contributed by atoms with Gasteiger partial charge in [-0.1, -0.05) is 79.0 Å². The van der Waals surface area contributed by atoms with Crippen LogP contribution in [0.15, 0.2) is 71.6 Å². The Kier molecular flexibility index (Phi) is 11.5. The van der Waals surface area contributed by atoms with Crippen LogP contribution in [-0.4, -0.2) is 43.8 Å². The minimum atomic E-state index is -4.20. The van der Waals surface area contributed by atoms with Crippen molar-refractivity contribution in [3.05, 3.63) is 92.9 Å². The summed E-state index contributed by atoms with van der Waals surface area (Å²) in [6.07, 6.45) is 0.997. The van der Waals surface area contributed by atoms with E-state index < -0.39 is 28.5 Å². The normalized spacial score (nSPS) is 12.9. The maximum Gasteiger partial charge on any atom is 0.264 e. The van der Waals surface area contributed by atoms with Crippen LogP contribution in [0.4, 0.5) is 5.69 Å². The number of hydrogen-bond acceptors (Lipinski definition) is 4. The van der Waals surface area contributed by atoms with Crippen molar-refractivity contribution < 1.29 is 18.0 Å². The highest BCUT2D eigenvalue weighted by molar-refractivity contribution is 7.92. The zero-order valence-electron chi connectivity index (χ0n) is 23.4. The number of rotatable bonds is 12. The lowest BCUT2D eigenvalue weighted by Gasteiger charge is -2.34. The van der Waals surface area contributed by atoms with Gasteiger partial charge in [0.2, 0.25) is 11.8 Å². The number of sulfonamides is 1. The molecule has 0 saturated heterocycles. The first-order valence-electron chi connectivity index (χ1n) is 13.3. The number of nitrogens with one attached hydrogen (secondary N) is 1. The SMILES string of the molecule is CC[C@H](C)NC(=O)[C@H](CC)N(Cc1ccc(Cl)cc1Cl)C(=O)CN(c1cc(Cl)ccc1C)S(=O)(=O)c1ccccc1. The van der Waals surface area contributed by atoms with E-state index in [1.807, 2.05) is 13.8 Å². The summed E-state index contributed by atoms with van der Waals surface area (Å²) < 4.78 is 29.0. The number of carbonyl (C=O) groups is 2. The zero-order chi connectivity index (χ0) is 30.3. The van der Waals surface area contributed by atoms with Crippen molar-refractivity contribution in [1.82, 2.24) is 10.2 Å². The number of amides is 2. The van der Waals surface area contributed by atoms with E-state index in [0.717, 1.165) is 4.31 Å². The minimum absolute atomic E-state index is 0.0148. The average molecular weight is 639 g/mol. The van der Waals surface area contributed by atoms with Crippen molar-refractivity contribution in [1.29, 1.82) is 0 Å². The third-order valence-corrected chi connectivity index (χ3v) is 9.39. The molecule has 0 aliphatic rings. The van der Waals surface area contributed by atoms with E-state index in [9.17, 15) is 18.0 Å². The molecule has 3 rings (SSSR count). The van der Waals surface area contributed by atoms with E-state index in [4.69, 9.17) is 34.8 Å². The highest BCUT2D eigenvalue weighted by atomic mass is 35.5. The number of anilines is 1. The Hall–Kier alpha value is -2.78. The Balaban J connectivity index is 2.11. The molecule has 0 aliphatic heterocycles. The molecule has 0 aromatic heterocycles. The Bertz CT molecular complexity index is 1490. The van der Waals surface area contributed by atoms with Crippen molar-refractivity contribution in [2.45, 2.75) is 64.1 Å². The topological polar surface area (TPSA) is 86.8 Å². The Morgan fingerprint density at radius 3 is 2.15 bits per heavy atom. The fraction of sp³-hybridized carbons (Fsp3) is 0.333. The molecule has 2 atom stereocenters. The predicted octanol–water partition coefficient (Wildman–Crippen LogP) is 6.87. The summed E-state index contributed by atoms with van der Waals surface area (Å²) in [5.74, 6) is -0.919. The van der Waals surface area contributed by atoms with Gasteiger partial charge in [0.05, 0.1) is 10.6 Å². The largest absolute Gasteiger partial charge is 0.352 e. The van der Waals surface area contributed by atoms with Crippen molar-refractivity contribution in [2.75, 3.05) is 10.8 Å². The lowest BCUT2D eigenvalue weighted by Crippen LogP contribution is -2.53. The van der Waals surface area contributed by atoms with Gasteiger partial charge < -0.3 is 10.2 Å². The molecule has 0 spiro atoms. The van der Waals surface area contributed by atoms with Crippen LogP contribution in [0, 0.1) is 6.92 Å². The highest BCUT2D eigenvalue weighted by Gasteiger charge is 2.34. The molecule has 0 aliphatic carbocycles.